The molecule has 0 radical (unpaired) electrons. The van der Waals surface area contributed by atoms with Gasteiger partial charge in [0, 0.05) is 5.56 Å². The maximum Gasteiger partial charge on any atom is 0.433 e. The third-order valence-electron chi connectivity index (χ3n) is 2.66. The first-order chi connectivity index (χ1) is 10.3. The second-order valence-electron chi connectivity index (χ2n) is 4.44. The number of hydrogen-bond donors (Lipinski definition) is 3. The Balaban J connectivity index is 2.45. The van der Waals surface area contributed by atoms with Crippen LogP contribution in [0.2, 0.25) is 0 Å². The van der Waals surface area contributed by atoms with Gasteiger partial charge in [0.25, 0.3) is 0 Å². The van der Waals surface area contributed by atoms with E-state index in [0.717, 1.165) is 11.6 Å². The maximum atomic E-state index is 12.9. The average molecular weight is 327 g/mol. The topological polar surface area (TPSA) is 75.9 Å². The van der Waals surface area contributed by atoms with Crippen molar-refractivity contribution >= 4 is 23.3 Å². The lowest BCUT2D eigenvalue weighted by molar-refractivity contribution is -0.141. The van der Waals surface area contributed by atoms with Crippen molar-refractivity contribution in [1.29, 1.82) is 0 Å². The number of rotatable bonds is 3. The van der Waals surface area contributed by atoms with E-state index in [2.05, 4.69) is 33.0 Å². The summed E-state index contributed by atoms with van der Waals surface area (Å²) in [6, 6.07) is 7.82. The molecule has 0 amide bonds. The molecule has 2 rings (SSSR count). The van der Waals surface area contributed by atoms with Crippen LogP contribution in [0, 0.1) is 6.92 Å². The third kappa shape index (κ3) is 4.04. The van der Waals surface area contributed by atoms with Gasteiger partial charge in [0.2, 0.25) is 5.95 Å². The summed E-state index contributed by atoms with van der Waals surface area (Å²) in [7, 11) is 0. The minimum atomic E-state index is -4.60. The molecule has 4 N–H and O–H groups in total. The summed E-state index contributed by atoms with van der Waals surface area (Å²) >= 11 is 4.57. The predicted octanol–water partition coefficient (Wildman–Crippen LogP) is 2.63. The van der Waals surface area contributed by atoms with Crippen LogP contribution in [0.1, 0.15) is 11.3 Å². The summed E-state index contributed by atoms with van der Waals surface area (Å²) in [5.41, 5.74) is 10.4. The largest absolute Gasteiger partial charge is 0.433 e. The summed E-state index contributed by atoms with van der Waals surface area (Å²) < 4.78 is 38.8. The second kappa shape index (κ2) is 6.14. The quantitative estimate of drug-likeness (QED) is 0.594. The minimum absolute atomic E-state index is 0.134. The standard InChI is InChI=1S/C13H12F3N5S/c1-7-2-4-8(5-3-7)9-6-10(13(14,15)16)19-12(18-9)21-20-11(17)22/h2-6H,1H3,(H3,17,20,22)(H,18,19,21). The zero-order valence-corrected chi connectivity index (χ0v) is 12.2. The number of aromatic nitrogens is 2. The van der Waals surface area contributed by atoms with E-state index in [1.807, 2.05) is 6.92 Å². The van der Waals surface area contributed by atoms with Crippen molar-refractivity contribution in [3.05, 3.63) is 41.6 Å². The van der Waals surface area contributed by atoms with E-state index in [9.17, 15) is 13.2 Å². The Labute approximate surface area is 129 Å². The van der Waals surface area contributed by atoms with Crippen LogP contribution in [-0.2, 0) is 6.18 Å². The van der Waals surface area contributed by atoms with Crippen LogP contribution in [0.3, 0.4) is 0 Å². The molecule has 0 saturated carbocycles. The van der Waals surface area contributed by atoms with E-state index >= 15 is 0 Å². The summed E-state index contributed by atoms with van der Waals surface area (Å²) in [5.74, 6) is -0.279. The molecule has 1 aromatic carbocycles. The van der Waals surface area contributed by atoms with E-state index in [-0.39, 0.29) is 16.8 Å². The highest BCUT2D eigenvalue weighted by molar-refractivity contribution is 7.80. The fourth-order valence-electron chi connectivity index (χ4n) is 1.64. The Morgan fingerprint density at radius 3 is 2.36 bits per heavy atom. The van der Waals surface area contributed by atoms with Gasteiger partial charge in [-0.1, -0.05) is 29.8 Å². The molecule has 0 spiro atoms. The molecule has 0 fully saturated rings. The number of alkyl halides is 3. The van der Waals surface area contributed by atoms with Crippen molar-refractivity contribution in [2.24, 2.45) is 5.73 Å². The van der Waals surface area contributed by atoms with Crippen LogP contribution < -0.4 is 16.6 Å². The van der Waals surface area contributed by atoms with Crippen molar-refractivity contribution in [2.75, 3.05) is 5.43 Å². The SMILES string of the molecule is Cc1ccc(-c2cc(C(F)(F)F)nc(NNC(N)=S)n2)cc1. The fraction of sp³-hybridized carbons (Fsp3) is 0.154. The number of benzene rings is 1. The van der Waals surface area contributed by atoms with Crippen LogP contribution in [0.4, 0.5) is 19.1 Å². The van der Waals surface area contributed by atoms with Crippen molar-refractivity contribution in [3.63, 3.8) is 0 Å². The lowest BCUT2D eigenvalue weighted by Crippen LogP contribution is -2.35. The molecule has 2 aromatic rings. The molecule has 0 unspecified atom stereocenters. The second-order valence-corrected chi connectivity index (χ2v) is 4.88. The molecule has 0 saturated heterocycles. The number of halogens is 3. The maximum absolute atomic E-state index is 12.9. The van der Waals surface area contributed by atoms with E-state index in [1.165, 1.54) is 0 Å². The summed E-state index contributed by atoms with van der Waals surface area (Å²) in [6.07, 6.45) is -4.60. The van der Waals surface area contributed by atoms with Gasteiger partial charge in [0.15, 0.2) is 10.8 Å². The molecule has 0 aliphatic rings. The number of nitrogens with zero attached hydrogens (tertiary/aromatic N) is 2. The number of nitrogens with one attached hydrogen (secondary N) is 2. The lowest BCUT2D eigenvalue weighted by atomic mass is 10.1. The average Bonchev–Trinajstić information content (AvgIpc) is 2.44. The van der Waals surface area contributed by atoms with E-state index in [0.29, 0.717) is 5.56 Å². The van der Waals surface area contributed by atoms with E-state index in [4.69, 9.17) is 5.73 Å². The number of anilines is 1. The van der Waals surface area contributed by atoms with Crippen molar-refractivity contribution in [3.8, 4) is 11.3 Å². The first-order valence-corrected chi connectivity index (χ1v) is 6.51. The first-order valence-electron chi connectivity index (χ1n) is 6.10. The van der Waals surface area contributed by atoms with Gasteiger partial charge in [0.05, 0.1) is 5.69 Å². The molecule has 0 aliphatic heterocycles. The van der Waals surface area contributed by atoms with Crippen LogP contribution in [0.15, 0.2) is 30.3 Å². The summed E-state index contributed by atoms with van der Waals surface area (Å²) in [5, 5.41) is -0.141. The molecule has 1 aromatic heterocycles. The number of nitrogens with two attached hydrogens (primary N) is 1. The molecule has 22 heavy (non-hydrogen) atoms. The van der Waals surface area contributed by atoms with Gasteiger partial charge in [-0.3, -0.25) is 10.9 Å². The van der Waals surface area contributed by atoms with Crippen LogP contribution in [0.5, 0.6) is 0 Å². The molecular weight excluding hydrogens is 315 g/mol. The fourth-order valence-corrected chi connectivity index (χ4v) is 1.69. The molecule has 5 nitrogen and oxygen atoms in total. The lowest BCUT2D eigenvalue weighted by Gasteiger charge is -2.12. The smallest absolute Gasteiger partial charge is 0.375 e. The Hall–Kier alpha value is -2.42. The Bertz CT molecular complexity index is 685. The molecular formula is C13H12F3N5S. The third-order valence-corrected chi connectivity index (χ3v) is 2.76. The highest BCUT2D eigenvalue weighted by Crippen LogP contribution is 2.31. The number of hydrazine groups is 1. The van der Waals surface area contributed by atoms with Gasteiger partial charge in [-0.05, 0) is 25.2 Å². The zero-order chi connectivity index (χ0) is 16.3. The normalized spacial score (nSPS) is 11.1. The van der Waals surface area contributed by atoms with Gasteiger partial charge in [-0.2, -0.15) is 13.2 Å². The van der Waals surface area contributed by atoms with Gasteiger partial charge in [-0.25, -0.2) is 9.97 Å². The number of thiocarbonyl (C=S) groups is 1. The number of aryl methyl sites for hydroxylation is 1. The van der Waals surface area contributed by atoms with Gasteiger partial charge in [0.1, 0.15) is 0 Å². The molecule has 0 bridgehead atoms. The highest BCUT2D eigenvalue weighted by Gasteiger charge is 2.33. The first kappa shape index (κ1) is 16.0. The van der Waals surface area contributed by atoms with Crippen molar-refractivity contribution < 1.29 is 13.2 Å². The monoisotopic (exact) mass is 327 g/mol. The van der Waals surface area contributed by atoms with Crippen molar-refractivity contribution in [1.82, 2.24) is 15.4 Å². The van der Waals surface area contributed by atoms with E-state index in [1.54, 1.807) is 24.3 Å². The van der Waals surface area contributed by atoms with Gasteiger partial charge < -0.3 is 5.73 Å². The Morgan fingerprint density at radius 2 is 1.82 bits per heavy atom. The Kier molecular flexibility index (Phi) is 4.45. The molecule has 0 atom stereocenters. The Morgan fingerprint density at radius 1 is 1.18 bits per heavy atom. The zero-order valence-electron chi connectivity index (χ0n) is 11.4. The highest BCUT2D eigenvalue weighted by atomic mass is 32.1. The van der Waals surface area contributed by atoms with E-state index < -0.39 is 11.9 Å². The number of hydrogen-bond acceptors (Lipinski definition) is 4. The minimum Gasteiger partial charge on any atom is -0.375 e. The van der Waals surface area contributed by atoms with Crippen molar-refractivity contribution in [2.45, 2.75) is 13.1 Å². The summed E-state index contributed by atoms with van der Waals surface area (Å²) in [6.45, 7) is 1.88. The van der Waals surface area contributed by atoms with Crippen LogP contribution in [-0.4, -0.2) is 15.1 Å². The van der Waals surface area contributed by atoms with Gasteiger partial charge in [-0.15, -0.1) is 0 Å². The van der Waals surface area contributed by atoms with Crippen LogP contribution >= 0.6 is 12.2 Å². The molecule has 0 aliphatic carbocycles. The van der Waals surface area contributed by atoms with Gasteiger partial charge >= 0.3 is 6.18 Å². The van der Waals surface area contributed by atoms with Crippen LogP contribution in [0.25, 0.3) is 11.3 Å². The molecule has 1 heterocycles. The molecule has 9 heteroatoms. The predicted molar refractivity (Wildman–Crippen MR) is 80.8 cm³/mol. The molecule has 116 valence electrons. The summed E-state index contributed by atoms with van der Waals surface area (Å²) in [4.78, 5) is 7.41.